The highest BCUT2D eigenvalue weighted by molar-refractivity contribution is 5.76. The lowest BCUT2D eigenvalue weighted by Crippen LogP contribution is -2.60. The quantitative estimate of drug-likeness (QED) is 0.0266. The molecule has 0 saturated carbocycles. The van der Waals surface area contributed by atoms with E-state index < -0.39 is 49.5 Å². The summed E-state index contributed by atoms with van der Waals surface area (Å²) in [5.41, 5.74) is 0. The van der Waals surface area contributed by atoms with E-state index in [0.717, 1.165) is 116 Å². The van der Waals surface area contributed by atoms with Crippen LogP contribution in [0.15, 0.2) is 97.2 Å². The van der Waals surface area contributed by atoms with Crippen molar-refractivity contribution in [2.45, 2.75) is 211 Å². The monoisotopic (exact) mass is 854 g/mol. The Bertz CT molecular complexity index is 1270. The van der Waals surface area contributed by atoms with Crippen molar-refractivity contribution in [3.8, 4) is 0 Å². The molecule has 0 aliphatic carbocycles. The Morgan fingerprint density at radius 2 is 1.02 bits per heavy atom. The summed E-state index contributed by atoms with van der Waals surface area (Å²) >= 11 is 0. The standard InChI is InChI=1S/C52H87NO8/c1-3-5-7-9-11-12-13-14-15-16-17-18-19-20-21-22-23-24-25-26-27-28-29-30-31-32-33-34-36-38-40-42-48(56)53-45(46(55)41-39-37-35-10-8-6-4-2)44-60-52-51(59)50(58)49(57)47(43-54)61-52/h5,7,11-12,14-15,17-18,20-21,23-24,26-27,29-30,45-47,49-52,54-55,57-59H,3-4,6,8-10,13,16,19,22,25,28,31-44H2,1-2H3,(H,53,56)/b7-5-,12-11-,15-14-,18-17-,21-20-,24-23-,27-26-,30-29-. The molecular weight excluding hydrogens is 767 g/mol. The molecule has 1 heterocycles. The molecule has 348 valence electrons. The van der Waals surface area contributed by atoms with Gasteiger partial charge in [0.15, 0.2) is 6.29 Å². The van der Waals surface area contributed by atoms with Crippen LogP contribution in [-0.4, -0.2) is 87.5 Å². The minimum absolute atomic E-state index is 0.152. The smallest absolute Gasteiger partial charge is 0.220 e. The van der Waals surface area contributed by atoms with Gasteiger partial charge in [-0.1, -0.05) is 182 Å². The van der Waals surface area contributed by atoms with E-state index in [-0.39, 0.29) is 12.5 Å². The van der Waals surface area contributed by atoms with Gasteiger partial charge in [-0.2, -0.15) is 0 Å². The molecule has 1 fully saturated rings. The van der Waals surface area contributed by atoms with Gasteiger partial charge >= 0.3 is 0 Å². The van der Waals surface area contributed by atoms with Gasteiger partial charge < -0.3 is 40.3 Å². The van der Waals surface area contributed by atoms with Gasteiger partial charge in [0.2, 0.25) is 5.91 Å². The van der Waals surface area contributed by atoms with E-state index in [2.05, 4.69) is 116 Å². The maximum atomic E-state index is 12.9. The van der Waals surface area contributed by atoms with E-state index in [1.54, 1.807) is 0 Å². The van der Waals surface area contributed by atoms with Crippen LogP contribution in [0.3, 0.4) is 0 Å². The molecule has 6 N–H and O–H groups in total. The van der Waals surface area contributed by atoms with E-state index >= 15 is 0 Å². The van der Waals surface area contributed by atoms with Crippen LogP contribution in [0.25, 0.3) is 0 Å². The third kappa shape index (κ3) is 31.6. The minimum Gasteiger partial charge on any atom is -0.394 e. The first-order chi connectivity index (χ1) is 29.8. The van der Waals surface area contributed by atoms with Gasteiger partial charge in [0.05, 0.1) is 25.4 Å². The number of amides is 1. The van der Waals surface area contributed by atoms with Crippen molar-refractivity contribution >= 4 is 5.91 Å². The van der Waals surface area contributed by atoms with Gasteiger partial charge in [-0.25, -0.2) is 0 Å². The SMILES string of the molecule is CC/C=C\C/C=C\C/C=C\C/C=C\C/C=C\C/C=C\C/C=C\C/C=C\CCCCCCCCC(=O)NC(COC1OC(CO)C(O)C(O)C1O)C(O)CCCCCCCCC. The van der Waals surface area contributed by atoms with Gasteiger partial charge in [0.1, 0.15) is 24.4 Å². The summed E-state index contributed by atoms with van der Waals surface area (Å²) < 4.78 is 11.2. The van der Waals surface area contributed by atoms with Gasteiger partial charge in [0, 0.05) is 6.42 Å². The molecule has 0 bridgehead atoms. The number of unbranched alkanes of at least 4 members (excludes halogenated alkanes) is 12. The summed E-state index contributed by atoms with van der Waals surface area (Å²) in [5, 5.41) is 54.1. The molecule has 1 amide bonds. The van der Waals surface area contributed by atoms with Gasteiger partial charge in [-0.3, -0.25) is 4.79 Å². The number of carbonyl (C=O) groups excluding carboxylic acids is 1. The Balaban J connectivity index is 2.19. The third-order valence-corrected chi connectivity index (χ3v) is 10.7. The number of allylic oxidation sites excluding steroid dienone is 16. The summed E-state index contributed by atoms with van der Waals surface area (Å²) in [5.74, 6) is -0.169. The zero-order valence-electron chi connectivity index (χ0n) is 38.1. The Kier molecular flexibility index (Phi) is 37.9. The van der Waals surface area contributed by atoms with E-state index in [1.165, 1.54) is 25.7 Å². The summed E-state index contributed by atoms with van der Waals surface area (Å²) in [6.45, 7) is 3.63. The fourth-order valence-electron chi connectivity index (χ4n) is 6.88. The molecule has 7 atom stereocenters. The van der Waals surface area contributed by atoms with Crippen LogP contribution < -0.4 is 5.32 Å². The second-order valence-electron chi connectivity index (χ2n) is 16.2. The Morgan fingerprint density at radius 3 is 1.51 bits per heavy atom. The van der Waals surface area contributed by atoms with Crippen LogP contribution in [0.2, 0.25) is 0 Å². The number of ether oxygens (including phenoxy) is 2. The number of hydrogen-bond acceptors (Lipinski definition) is 8. The van der Waals surface area contributed by atoms with Crippen LogP contribution in [0, 0.1) is 0 Å². The summed E-state index contributed by atoms with van der Waals surface area (Å²) in [4.78, 5) is 12.9. The molecule has 0 radical (unpaired) electrons. The van der Waals surface area contributed by atoms with Gasteiger partial charge in [-0.15, -0.1) is 0 Å². The first-order valence-corrected chi connectivity index (χ1v) is 23.9. The van der Waals surface area contributed by atoms with E-state index in [9.17, 15) is 30.3 Å². The average Bonchev–Trinajstić information content (AvgIpc) is 3.26. The molecule has 0 aromatic heterocycles. The fourth-order valence-corrected chi connectivity index (χ4v) is 6.88. The highest BCUT2D eigenvalue weighted by atomic mass is 16.7. The van der Waals surface area contributed by atoms with Crippen LogP contribution in [0.1, 0.15) is 168 Å². The zero-order chi connectivity index (χ0) is 44.4. The van der Waals surface area contributed by atoms with Crippen LogP contribution in [0.4, 0.5) is 0 Å². The van der Waals surface area contributed by atoms with Crippen LogP contribution in [0.5, 0.6) is 0 Å². The van der Waals surface area contributed by atoms with Crippen molar-refractivity contribution in [1.29, 1.82) is 0 Å². The molecule has 61 heavy (non-hydrogen) atoms. The molecule has 0 aromatic carbocycles. The van der Waals surface area contributed by atoms with E-state index in [1.807, 2.05) is 0 Å². The lowest BCUT2D eigenvalue weighted by atomic mass is 9.99. The molecule has 1 rings (SSSR count). The second kappa shape index (κ2) is 41.1. The molecule has 0 spiro atoms. The molecule has 9 heteroatoms. The molecule has 1 saturated heterocycles. The van der Waals surface area contributed by atoms with Crippen molar-refractivity contribution in [3.05, 3.63) is 97.2 Å². The van der Waals surface area contributed by atoms with E-state index in [4.69, 9.17) is 9.47 Å². The number of aliphatic hydroxyl groups excluding tert-OH is 5. The van der Waals surface area contributed by atoms with Crippen molar-refractivity contribution < 1.29 is 39.8 Å². The predicted molar refractivity (Wildman–Crippen MR) is 253 cm³/mol. The lowest BCUT2D eigenvalue weighted by Gasteiger charge is -2.40. The highest BCUT2D eigenvalue weighted by Crippen LogP contribution is 2.23. The fraction of sp³-hybridized carbons (Fsp3) is 0.673. The minimum atomic E-state index is -1.56. The molecular formula is C52H87NO8. The van der Waals surface area contributed by atoms with Gasteiger partial charge in [-0.05, 0) is 77.0 Å². The molecule has 0 aromatic rings. The molecule has 9 nitrogen and oxygen atoms in total. The van der Waals surface area contributed by atoms with Crippen molar-refractivity contribution in [1.82, 2.24) is 5.32 Å². The number of aliphatic hydroxyl groups is 5. The first kappa shape index (κ1) is 56.1. The van der Waals surface area contributed by atoms with Gasteiger partial charge in [0.25, 0.3) is 0 Å². The lowest BCUT2D eigenvalue weighted by molar-refractivity contribution is -0.302. The highest BCUT2D eigenvalue weighted by Gasteiger charge is 2.44. The van der Waals surface area contributed by atoms with Crippen LogP contribution >= 0.6 is 0 Å². The van der Waals surface area contributed by atoms with Crippen molar-refractivity contribution in [2.24, 2.45) is 0 Å². The molecule has 1 aliphatic heterocycles. The number of nitrogens with one attached hydrogen (secondary N) is 1. The zero-order valence-corrected chi connectivity index (χ0v) is 38.1. The Labute approximate surface area is 371 Å². The molecule has 1 aliphatic rings. The first-order valence-electron chi connectivity index (χ1n) is 23.9. The van der Waals surface area contributed by atoms with Crippen molar-refractivity contribution in [3.63, 3.8) is 0 Å². The van der Waals surface area contributed by atoms with E-state index in [0.29, 0.717) is 12.8 Å². The summed E-state index contributed by atoms with van der Waals surface area (Å²) in [6.07, 6.45) is 51.6. The average molecular weight is 854 g/mol. The largest absolute Gasteiger partial charge is 0.394 e. The third-order valence-electron chi connectivity index (χ3n) is 10.7. The normalized spacial score (nSPS) is 21.3. The van der Waals surface area contributed by atoms with Crippen molar-refractivity contribution in [2.75, 3.05) is 13.2 Å². The summed E-state index contributed by atoms with van der Waals surface area (Å²) in [6, 6.07) is -0.730. The second-order valence-corrected chi connectivity index (χ2v) is 16.2. The number of carbonyl (C=O) groups is 1. The Hall–Kier alpha value is -2.89. The molecule has 7 unspecified atom stereocenters. The number of hydrogen-bond donors (Lipinski definition) is 6. The predicted octanol–water partition coefficient (Wildman–Crippen LogP) is 10.5. The number of rotatable bonds is 38. The topological polar surface area (TPSA) is 149 Å². The maximum absolute atomic E-state index is 12.9. The Morgan fingerprint density at radius 1 is 0.574 bits per heavy atom. The van der Waals surface area contributed by atoms with Crippen LogP contribution in [-0.2, 0) is 14.3 Å². The summed E-state index contributed by atoms with van der Waals surface area (Å²) in [7, 11) is 0. The maximum Gasteiger partial charge on any atom is 0.220 e.